The Hall–Kier alpha value is -3.30. The van der Waals surface area contributed by atoms with E-state index in [0.717, 1.165) is 9.60 Å². The topological polar surface area (TPSA) is 101 Å². The van der Waals surface area contributed by atoms with Gasteiger partial charge >= 0.3 is 6.03 Å². The smallest absolute Gasteiger partial charge is 0.319 e. The summed E-state index contributed by atoms with van der Waals surface area (Å²) in [5.41, 5.74) is 1.98. The predicted octanol–water partition coefficient (Wildman–Crippen LogP) is 2.86. The number of anilines is 2. The van der Waals surface area contributed by atoms with Gasteiger partial charge < -0.3 is 15.4 Å². The van der Waals surface area contributed by atoms with Crippen LogP contribution in [-0.2, 0) is 4.74 Å². The van der Waals surface area contributed by atoms with Crippen molar-refractivity contribution in [3.8, 4) is 0 Å². The number of hydrogen-bond acceptors (Lipinski definition) is 6. The lowest BCUT2D eigenvalue weighted by molar-refractivity contribution is 0.0926. The third kappa shape index (κ3) is 3.21. The molecule has 0 saturated carbocycles. The zero-order chi connectivity index (χ0) is 19.7. The van der Waals surface area contributed by atoms with Gasteiger partial charge in [-0.2, -0.15) is 0 Å². The van der Waals surface area contributed by atoms with Crippen LogP contribution < -0.4 is 15.5 Å². The summed E-state index contributed by atoms with van der Waals surface area (Å²) in [6.45, 7) is 0.819. The number of methoxy groups -OCH3 is 1. The number of fused-ring (bicyclic) bond motifs is 2. The van der Waals surface area contributed by atoms with E-state index in [4.69, 9.17) is 4.74 Å². The quantitative estimate of drug-likeness (QED) is 0.510. The first kappa shape index (κ1) is 18.1. The van der Waals surface area contributed by atoms with Crippen LogP contribution in [0, 0.1) is 0 Å². The molecule has 4 rings (SSSR count). The Morgan fingerprint density at radius 1 is 1.14 bits per heavy atom. The highest BCUT2D eigenvalue weighted by Gasteiger charge is 2.38. The molecule has 0 radical (unpaired) electrons. The Kier molecular flexibility index (Phi) is 4.76. The number of ether oxygens (including phenoxy) is 1. The summed E-state index contributed by atoms with van der Waals surface area (Å²) < 4.78 is 5.63. The maximum absolute atomic E-state index is 12.6. The van der Waals surface area contributed by atoms with E-state index in [1.807, 2.05) is 0 Å². The third-order valence-corrected chi connectivity index (χ3v) is 5.22. The van der Waals surface area contributed by atoms with Crippen molar-refractivity contribution in [2.75, 3.05) is 30.5 Å². The minimum atomic E-state index is -0.379. The second-order valence-corrected chi connectivity index (χ2v) is 7.05. The fraction of sp³-hybridized carbons (Fsp3) is 0.158. The Bertz CT molecular complexity index is 1060. The largest absolute Gasteiger partial charge is 0.383 e. The number of benzene rings is 2. The van der Waals surface area contributed by atoms with Crippen LogP contribution in [-0.4, -0.2) is 43.1 Å². The molecule has 8 nitrogen and oxygen atoms in total. The number of urea groups is 1. The maximum atomic E-state index is 12.6. The van der Waals surface area contributed by atoms with Crippen LogP contribution >= 0.6 is 11.3 Å². The molecule has 0 atom stereocenters. The first-order chi connectivity index (χ1) is 13.6. The first-order valence-corrected chi connectivity index (χ1v) is 9.32. The molecule has 0 unspecified atom stereocenters. The van der Waals surface area contributed by atoms with Gasteiger partial charge in [-0.05, 0) is 30.3 Å². The van der Waals surface area contributed by atoms with Crippen molar-refractivity contribution in [1.82, 2.24) is 10.3 Å². The number of hydrogen-bond donors (Lipinski definition) is 2. The van der Waals surface area contributed by atoms with E-state index in [9.17, 15) is 14.4 Å². The molecule has 0 spiro atoms. The number of carbonyl (C=O) groups excluding carboxylic acids is 3. The summed E-state index contributed by atoms with van der Waals surface area (Å²) in [6, 6.07) is 11.6. The molecule has 0 bridgehead atoms. The van der Waals surface area contributed by atoms with Crippen molar-refractivity contribution < 1.29 is 19.1 Å². The van der Waals surface area contributed by atoms with Gasteiger partial charge in [-0.3, -0.25) is 9.59 Å². The normalized spacial score (nSPS) is 13.1. The van der Waals surface area contributed by atoms with Crippen molar-refractivity contribution in [2.45, 2.75) is 0 Å². The second kappa shape index (κ2) is 7.37. The molecule has 4 amide bonds. The maximum Gasteiger partial charge on any atom is 0.319 e. The molecule has 9 heteroatoms. The van der Waals surface area contributed by atoms with E-state index in [2.05, 4.69) is 15.6 Å². The van der Waals surface area contributed by atoms with Gasteiger partial charge in [0.15, 0.2) is 0 Å². The van der Waals surface area contributed by atoms with E-state index in [-0.39, 0.29) is 17.8 Å². The average molecular weight is 396 g/mol. The molecular formula is C19H16N4O4S. The van der Waals surface area contributed by atoms with Gasteiger partial charge in [0.05, 0.1) is 28.0 Å². The van der Waals surface area contributed by atoms with Crippen molar-refractivity contribution in [3.05, 3.63) is 53.6 Å². The van der Waals surface area contributed by atoms with Crippen LogP contribution in [0.4, 0.5) is 15.6 Å². The number of rotatable bonds is 5. The Balaban J connectivity index is 1.57. The molecule has 0 aliphatic carbocycles. The van der Waals surface area contributed by atoms with E-state index in [1.165, 1.54) is 11.3 Å². The molecule has 2 N–H and O–H groups in total. The monoisotopic (exact) mass is 396 g/mol. The van der Waals surface area contributed by atoms with Crippen molar-refractivity contribution >= 4 is 50.2 Å². The molecular weight excluding hydrogens is 380 g/mol. The summed E-state index contributed by atoms with van der Waals surface area (Å²) in [4.78, 5) is 42.6. The number of nitrogens with zero attached hydrogens (tertiary/aromatic N) is 2. The van der Waals surface area contributed by atoms with Crippen LogP contribution in [0.2, 0.25) is 0 Å². The zero-order valence-electron chi connectivity index (χ0n) is 14.9. The minimum absolute atomic E-state index is 0.308. The van der Waals surface area contributed by atoms with Gasteiger partial charge in [-0.15, -0.1) is 0 Å². The van der Waals surface area contributed by atoms with Crippen LogP contribution in [0.1, 0.15) is 20.7 Å². The van der Waals surface area contributed by atoms with Gasteiger partial charge in [0.1, 0.15) is 0 Å². The number of imide groups is 1. The van der Waals surface area contributed by atoms with Crippen LogP contribution in [0.15, 0.2) is 42.5 Å². The standard InChI is InChI=1S/C19H16N4O4S/c1-27-9-8-20-18(26)21-11-6-7-14-15(10-11)28-19(22-14)23-16(24)12-4-2-3-5-13(12)17(23)25/h2-7,10H,8-9H2,1H3,(H2,20,21,26). The summed E-state index contributed by atoms with van der Waals surface area (Å²) in [7, 11) is 1.56. The second-order valence-electron chi connectivity index (χ2n) is 6.04. The lowest BCUT2D eigenvalue weighted by Gasteiger charge is -2.08. The molecule has 2 heterocycles. The highest BCUT2D eigenvalue weighted by Crippen LogP contribution is 2.35. The van der Waals surface area contributed by atoms with E-state index < -0.39 is 0 Å². The SMILES string of the molecule is COCCNC(=O)Nc1ccc2nc(N3C(=O)c4ccccc4C3=O)sc2c1. The number of thiazole rings is 1. The molecule has 1 aliphatic rings. The fourth-order valence-electron chi connectivity index (χ4n) is 2.89. The number of aromatic nitrogens is 1. The lowest BCUT2D eigenvalue weighted by atomic mass is 10.1. The van der Waals surface area contributed by atoms with Crippen molar-refractivity contribution in [3.63, 3.8) is 0 Å². The third-order valence-electron chi connectivity index (χ3n) is 4.21. The average Bonchev–Trinajstić information content (AvgIpc) is 3.21. The molecule has 3 aromatic rings. The first-order valence-electron chi connectivity index (χ1n) is 8.50. The predicted molar refractivity (Wildman–Crippen MR) is 106 cm³/mol. The summed E-state index contributed by atoms with van der Waals surface area (Å²) in [5.74, 6) is -0.758. The molecule has 1 aliphatic heterocycles. The number of nitrogens with one attached hydrogen (secondary N) is 2. The fourth-order valence-corrected chi connectivity index (χ4v) is 3.89. The van der Waals surface area contributed by atoms with Crippen molar-refractivity contribution in [1.29, 1.82) is 0 Å². The van der Waals surface area contributed by atoms with E-state index in [0.29, 0.717) is 40.6 Å². The molecule has 0 saturated heterocycles. The molecule has 2 aromatic carbocycles. The van der Waals surface area contributed by atoms with E-state index in [1.54, 1.807) is 49.6 Å². The van der Waals surface area contributed by atoms with Crippen molar-refractivity contribution in [2.24, 2.45) is 0 Å². The summed E-state index contributed by atoms with van der Waals surface area (Å²) in [6.07, 6.45) is 0. The molecule has 1 aromatic heterocycles. The number of carbonyl (C=O) groups is 3. The molecule has 0 fully saturated rings. The minimum Gasteiger partial charge on any atom is -0.383 e. The van der Waals surface area contributed by atoms with Gasteiger partial charge in [0, 0.05) is 19.3 Å². The van der Waals surface area contributed by atoms with Gasteiger partial charge in [-0.1, -0.05) is 23.5 Å². The zero-order valence-corrected chi connectivity index (χ0v) is 15.7. The van der Waals surface area contributed by atoms with Gasteiger partial charge in [0.2, 0.25) is 5.13 Å². The van der Waals surface area contributed by atoms with Gasteiger partial charge in [0.25, 0.3) is 11.8 Å². The highest BCUT2D eigenvalue weighted by atomic mass is 32.1. The Morgan fingerprint density at radius 3 is 2.54 bits per heavy atom. The summed E-state index contributed by atoms with van der Waals surface area (Å²) in [5, 5.41) is 5.70. The number of amides is 4. The highest BCUT2D eigenvalue weighted by molar-refractivity contribution is 7.22. The van der Waals surface area contributed by atoms with E-state index >= 15 is 0 Å². The van der Waals surface area contributed by atoms with Crippen LogP contribution in [0.5, 0.6) is 0 Å². The lowest BCUT2D eigenvalue weighted by Crippen LogP contribution is -2.31. The molecule has 28 heavy (non-hydrogen) atoms. The Labute approximate surface area is 164 Å². The van der Waals surface area contributed by atoms with Gasteiger partial charge in [-0.25, -0.2) is 14.7 Å². The summed E-state index contributed by atoms with van der Waals surface area (Å²) >= 11 is 1.22. The van der Waals surface area contributed by atoms with Crippen LogP contribution in [0.3, 0.4) is 0 Å². The Morgan fingerprint density at radius 2 is 1.86 bits per heavy atom. The molecule has 142 valence electrons. The van der Waals surface area contributed by atoms with Crippen LogP contribution in [0.25, 0.3) is 10.2 Å².